The molecule has 0 aliphatic carbocycles. The van der Waals surface area contributed by atoms with Crippen LogP contribution in [0.1, 0.15) is 5.56 Å². The van der Waals surface area contributed by atoms with Crippen molar-refractivity contribution in [1.29, 1.82) is 0 Å². The molecule has 1 aliphatic heterocycles. The number of halogens is 1. The van der Waals surface area contributed by atoms with E-state index in [4.69, 9.17) is 21.1 Å². The number of hydrazone groups is 1. The maximum atomic E-state index is 11.2. The van der Waals surface area contributed by atoms with E-state index in [1.54, 1.807) is 18.3 Å². The van der Waals surface area contributed by atoms with E-state index in [2.05, 4.69) is 20.7 Å². The molecule has 0 radical (unpaired) electrons. The average Bonchev–Trinajstić information content (AvgIpc) is 2.91. The molecule has 0 unspecified atom stereocenters. The zero-order valence-electron chi connectivity index (χ0n) is 10.1. The van der Waals surface area contributed by atoms with Gasteiger partial charge in [0.2, 0.25) is 6.79 Å². The Morgan fingerprint density at radius 3 is 3.15 bits per heavy atom. The lowest BCUT2D eigenvalue weighted by Gasteiger charge is -2.01. The zero-order chi connectivity index (χ0) is 13.9. The summed E-state index contributed by atoms with van der Waals surface area (Å²) in [6.45, 7) is 0.224. The third kappa shape index (κ3) is 2.43. The molecule has 2 aromatic rings. The van der Waals surface area contributed by atoms with E-state index in [1.807, 2.05) is 6.07 Å². The molecule has 0 spiro atoms. The quantitative estimate of drug-likeness (QED) is 0.662. The molecule has 20 heavy (non-hydrogen) atoms. The van der Waals surface area contributed by atoms with Crippen LogP contribution in [0, 0.1) is 0 Å². The van der Waals surface area contributed by atoms with Gasteiger partial charge in [-0.15, -0.1) is 0 Å². The summed E-state index contributed by atoms with van der Waals surface area (Å²) in [7, 11) is 0. The van der Waals surface area contributed by atoms with E-state index in [0.717, 1.165) is 5.56 Å². The number of nitrogens with one attached hydrogen (secondary N) is 2. The number of ether oxygens (including phenoxy) is 2. The van der Waals surface area contributed by atoms with Crippen molar-refractivity contribution in [2.24, 2.45) is 5.10 Å². The number of anilines is 1. The van der Waals surface area contributed by atoms with Gasteiger partial charge in [0.15, 0.2) is 11.5 Å². The Hall–Kier alpha value is -2.54. The summed E-state index contributed by atoms with van der Waals surface area (Å²) in [6.07, 6.45) is 2.94. The molecule has 2 N–H and O–H groups in total. The van der Waals surface area contributed by atoms with Crippen molar-refractivity contribution in [3.63, 3.8) is 0 Å². The lowest BCUT2D eigenvalue weighted by Crippen LogP contribution is -2.10. The molecule has 102 valence electrons. The van der Waals surface area contributed by atoms with Gasteiger partial charge in [0.1, 0.15) is 10.7 Å². The Morgan fingerprint density at radius 2 is 2.25 bits per heavy atom. The van der Waals surface area contributed by atoms with E-state index in [0.29, 0.717) is 17.2 Å². The summed E-state index contributed by atoms with van der Waals surface area (Å²) in [5, 5.41) is 9.83. The molecular formula is C12H9ClN4O3. The SMILES string of the molecule is O=c1[nH]ncc(N/N=C/c2ccc3c(c2)OCO3)c1Cl. The second-order valence-corrected chi connectivity index (χ2v) is 4.29. The smallest absolute Gasteiger partial charge is 0.285 e. The topological polar surface area (TPSA) is 88.6 Å². The van der Waals surface area contributed by atoms with Crippen LogP contribution in [-0.2, 0) is 0 Å². The van der Waals surface area contributed by atoms with Crippen LogP contribution >= 0.6 is 11.6 Å². The number of rotatable bonds is 3. The number of fused-ring (bicyclic) bond motifs is 1. The van der Waals surface area contributed by atoms with Crippen molar-refractivity contribution in [2.45, 2.75) is 0 Å². The Kier molecular flexibility index (Phi) is 3.26. The number of hydrogen-bond acceptors (Lipinski definition) is 6. The van der Waals surface area contributed by atoms with Gasteiger partial charge in [0, 0.05) is 0 Å². The maximum Gasteiger partial charge on any atom is 0.285 e. The molecule has 1 aromatic heterocycles. The number of aromatic amines is 1. The molecule has 7 nitrogen and oxygen atoms in total. The van der Waals surface area contributed by atoms with Crippen LogP contribution in [0.2, 0.25) is 5.02 Å². The lowest BCUT2D eigenvalue weighted by atomic mass is 10.2. The fourth-order valence-electron chi connectivity index (χ4n) is 1.63. The number of hydrogen-bond donors (Lipinski definition) is 2. The van der Waals surface area contributed by atoms with Gasteiger partial charge in [-0.3, -0.25) is 10.2 Å². The second-order valence-electron chi connectivity index (χ2n) is 3.91. The molecule has 1 aliphatic rings. The largest absolute Gasteiger partial charge is 0.454 e. The van der Waals surface area contributed by atoms with Gasteiger partial charge in [-0.25, -0.2) is 5.10 Å². The van der Waals surface area contributed by atoms with Gasteiger partial charge >= 0.3 is 0 Å². The van der Waals surface area contributed by atoms with Gasteiger partial charge in [-0.1, -0.05) is 11.6 Å². The van der Waals surface area contributed by atoms with Gasteiger partial charge in [0.25, 0.3) is 5.56 Å². The highest BCUT2D eigenvalue weighted by molar-refractivity contribution is 6.32. The van der Waals surface area contributed by atoms with Gasteiger partial charge in [-0.2, -0.15) is 10.2 Å². The minimum absolute atomic E-state index is 0.00263. The van der Waals surface area contributed by atoms with Crippen molar-refractivity contribution in [3.8, 4) is 11.5 Å². The first-order chi connectivity index (χ1) is 9.74. The van der Waals surface area contributed by atoms with Crippen molar-refractivity contribution in [3.05, 3.63) is 45.3 Å². The van der Waals surface area contributed by atoms with Crippen LogP contribution in [-0.4, -0.2) is 23.2 Å². The van der Waals surface area contributed by atoms with E-state index >= 15 is 0 Å². The standard InChI is InChI=1S/C12H9ClN4O3/c13-11-8(5-15-17-12(11)18)16-14-4-7-1-2-9-10(3-7)20-6-19-9/h1-5H,6H2,(H2,16,17,18)/b14-4+. The maximum absolute atomic E-state index is 11.2. The van der Waals surface area contributed by atoms with Gasteiger partial charge in [-0.05, 0) is 23.8 Å². The van der Waals surface area contributed by atoms with Crippen LogP contribution < -0.4 is 20.5 Å². The van der Waals surface area contributed by atoms with Gasteiger partial charge < -0.3 is 9.47 Å². The zero-order valence-corrected chi connectivity index (χ0v) is 10.8. The molecule has 0 bridgehead atoms. The molecule has 0 saturated heterocycles. The van der Waals surface area contributed by atoms with Crippen LogP contribution in [0.25, 0.3) is 0 Å². The summed E-state index contributed by atoms with van der Waals surface area (Å²) >= 11 is 5.80. The average molecular weight is 293 g/mol. The molecule has 1 aromatic carbocycles. The first kappa shape index (κ1) is 12.5. The van der Waals surface area contributed by atoms with Crippen molar-refractivity contribution < 1.29 is 9.47 Å². The van der Waals surface area contributed by atoms with Crippen LogP contribution in [0.3, 0.4) is 0 Å². The van der Waals surface area contributed by atoms with E-state index in [1.165, 1.54) is 6.20 Å². The highest BCUT2D eigenvalue weighted by Crippen LogP contribution is 2.31. The molecule has 8 heteroatoms. The molecule has 0 fully saturated rings. The molecule has 0 amide bonds. The molecule has 2 heterocycles. The summed E-state index contributed by atoms with van der Waals surface area (Å²) in [5.41, 5.74) is 3.32. The Balaban J connectivity index is 1.75. The second kappa shape index (κ2) is 5.22. The predicted molar refractivity (Wildman–Crippen MR) is 73.6 cm³/mol. The monoisotopic (exact) mass is 292 g/mol. The number of H-pyrrole nitrogens is 1. The number of nitrogens with zero attached hydrogens (tertiary/aromatic N) is 2. The Labute approximate surface area is 118 Å². The fraction of sp³-hybridized carbons (Fsp3) is 0.0833. The molecular weight excluding hydrogens is 284 g/mol. The van der Waals surface area contributed by atoms with Crippen LogP contribution in [0.15, 0.2) is 34.3 Å². The first-order valence-electron chi connectivity index (χ1n) is 5.66. The van der Waals surface area contributed by atoms with E-state index < -0.39 is 5.56 Å². The normalized spacial score (nSPS) is 12.8. The van der Waals surface area contributed by atoms with Gasteiger partial charge in [0.05, 0.1) is 12.4 Å². The molecule has 0 saturated carbocycles. The lowest BCUT2D eigenvalue weighted by molar-refractivity contribution is 0.174. The third-order valence-corrected chi connectivity index (χ3v) is 2.97. The predicted octanol–water partition coefficient (Wildman–Crippen LogP) is 1.60. The molecule has 3 rings (SSSR count). The highest BCUT2D eigenvalue weighted by Gasteiger charge is 2.12. The van der Waals surface area contributed by atoms with Crippen LogP contribution in [0.5, 0.6) is 11.5 Å². The van der Waals surface area contributed by atoms with Crippen molar-refractivity contribution >= 4 is 23.5 Å². The summed E-state index contributed by atoms with van der Waals surface area (Å²) in [6, 6.07) is 5.42. The highest BCUT2D eigenvalue weighted by atomic mass is 35.5. The minimum Gasteiger partial charge on any atom is -0.454 e. The summed E-state index contributed by atoms with van der Waals surface area (Å²) in [5.74, 6) is 1.38. The first-order valence-corrected chi connectivity index (χ1v) is 6.04. The Morgan fingerprint density at radius 1 is 1.40 bits per heavy atom. The number of benzene rings is 1. The minimum atomic E-state index is -0.477. The van der Waals surface area contributed by atoms with Crippen LogP contribution in [0.4, 0.5) is 5.69 Å². The third-order valence-electron chi connectivity index (χ3n) is 2.59. The number of aromatic nitrogens is 2. The summed E-state index contributed by atoms with van der Waals surface area (Å²) < 4.78 is 10.5. The Bertz CT molecular complexity index is 729. The molecule has 0 atom stereocenters. The van der Waals surface area contributed by atoms with E-state index in [-0.39, 0.29) is 11.8 Å². The summed E-state index contributed by atoms with van der Waals surface area (Å²) in [4.78, 5) is 11.2. The fourth-order valence-corrected chi connectivity index (χ4v) is 1.76. The van der Waals surface area contributed by atoms with Crippen molar-refractivity contribution in [1.82, 2.24) is 10.2 Å². The van der Waals surface area contributed by atoms with Crippen molar-refractivity contribution in [2.75, 3.05) is 12.2 Å². The van der Waals surface area contributed by atoms with E-state index in [9.17, 15) is 4.79 Å².